The molecule has 1 unspecified atom stereocenters. The topological polar surface area (TPSA) is 46.2 Å². The molecule has 1 saturated heterocycles. The number of hydrogen-bond donors (Lipinski definition) is 0. The SMILES string of the molecule is COC1O[C@H](COCc2ccccc2)[C@@H](OCc2ccccc2)[C@H]1OC. The van der Waals surface area contributed by atoms with Gasteiger partial charge in [0.1, 0.15) is 18.3 Å². The first-order chi connectivity index (χ1) is 12.8. The number of methoxy groups -OCH3 is 2. The van der Waals surface area contributed by atoms with E-state index >= 15 is 0 Å². The van der Waals surface area contributed by atoms with Crippen molar-refractivity contribution < 1.29 is 23.7 Å². The van der Waals surface area contributed by atoms with Crippen molar-refractivity contribution in [3.05, 3.63) is 71.8 Å². The molecule has 1 heterocycles. The van der Waals surface area contributed by atoms with Gasteiger partial charge in [0.15, 0.2) is 6.29 Å². The lowest BCUT2D eigenvalue weighted by atomic mass is 10.1. The standard InChI is InChI=1S/C21H26O5/c1-22-20-19(25-14-17-11-7-4-8-12-17)18(26-21(20)23-2)15-24-13-16-9-5-3-6-10-16/h3-12,18-21H,13-15H2,1-2H3/t18-,19-,20-,21?/m1/s1. The normalized spacial score (nSPS) is 25.5. The van der Waals surface area contributed by atoms with Crippen molar-refractivity contribution in [1.82, 2.24) is 0 Å². The van der Waals surface area contributed by atoms with Crippen LogP contribution in [0, 0.1) is 0 Å². The van der Waals surface area contributed by atoms with E-state index in [9.17, 15) is 0 Å². The average Bonchev–Trinajstić information content (AvgIpc) is 3.04. The Morgan fingerprint density at radius 3 is 1.96 bits per heavy atom. The first kappa shape index (κ1) is 19.0. The molecule has 2 aromatic carbocycles. The van der Waals surface area contributed by atoms with Crippen LogP contribution in [0.5, 0.6) is 0 Å². The molecule has 0 bridgehead atoms. The Bertz CT molecular complexity index is 633. The molecular formula is C21H26O5. The van der Waals surface area contributed by atoms with Gasteiger partial charge >= 0.3 is 0 Å². The quantitative estimate of drug-likeness (QED) is 0.689. The summed E-state index contributed by atoms with van der Waals surface area (Å²) in [6.45, 7) is 1.43. The van der Waals surface area contributed by atoms with Gasteiger partial charge in [0, 0.05) is 14.2 Å². The Morgan fingerprint density at radius 1 is 0.769 bits per heavy atom. The van der Waals surface area contributed by atoms with Gasteiger partial charge in [-0.3, -0.25) is 0 Å². The molecule has 1 aliphatic heterocycles. The number of rotatable bonds is 9. The smallest absolute Gasteiger partial charge is 0.186 e. The van der Waals surface area contributed by atoms with Crippen LogP contribution in [0.1, 0.15) is 11.1 Å². The Morgan fingerprint density at radius 2 is 1.38 bits per heavy atom. The molecule has 0 N–H and O–H groups in total. The van der Waals surface area contributed by atoms with Gasteiger partial charge in [-0.05, 0) is 11.1 Å². The average molecular weight is 358 g/mol. The molecular weight excluding hydrogens is 332 g/mol. The Labute approximate surface area is 154 Å². The Hall–Kier alpha value is -1.76. The van der Waals surface area contributed by atoms with Crippen molar-refractivity contribution in [1.29, 1.82) is 0 Å². The summed E-state index contributed by atoms with van der Waals surface area (Å²) in [6, 6.07) is 20.1. The maximum absolute atomic E-state index is 6.13. The third-order valence-electron chi connectivity index (χ3n) is 4.45. The fourth-order valence-electron chi connectivity index (χ4n) is 3.10. The van der Waals surface area contributed by atoms with E-state index in [2.05, 4.69) is 0 Å². The molecule has 26 heavy (non-hydrogen) atoms. The summed E-state index contributed by atoms with van der Waals surface area (Å²) in [6.07, 6.45) is -1.28. The van der Waals surface area contributed by atoms with Crippen LogP contribution in [-0.4, -0.2) is 45.4 Å². The number of ether oxygens (including phenoxy) is 5. The zero-order valence-electron chi connectivity index (χ0n) is 15.2. The first-order valence-corrected chi connectivity index (χ1v) is 8.80. The molecule has 1 aliphatic rings. The summed E-state index contributed by atoms with van der Waals surface area (Å²) >= 11 is 0. The molecule has 0 radical (unpaired) electrons. The molecule has 1 fully saturated rings. The number of benzene rings is 2. The summed E-state index contributed by atoms with van der Waals surface area (Å²) in [5, 5.41) is 0. The van der Waals surface area contributed by atoms with Crippen molar-refractivity contribution in [3.63, 3.8) is 0 Å². The predicted molar refractivity (Wildman–Crippen MR) is 97.6 cm³/mol. The summed E-state index contributed by atoms with van der Waals surface area (Å²) < 4.78 is 28.9. The lowest BCUT2D eigenvalue weighted by molar-refractivity contribution is -0.162. The third-order valence-corrected chi connectivity index (χ3v) is 4.45. The molecule has 5 nitrogen and oxygen atoms in total. The zero-order valence-corrected chi connectivity index (χ0v) is 15.2. The lowest BCUT2D eigenvalue weighted by Gasteiger charge is -2.23. The van der Waals surface area contributed by atoms with Crippen LogP contribution in [-0.2, 0) is 36.9 Å². The lowest BCUT2D eigenvalue weighted by Crippen LogP contribution is -2.38. The van der Waals surface area contributed by atoms with Crippen LogP contribution in [0.3, 0.4) is 0 Å². The minimum Gasteiger partial charge on any atom is -0.374 e. The monoisotopic (exact) mass is 358 g/mol. The van der Waals surface area contributed by atoms with Crippen LogP contribution >= 0.6 is 0 Å². The van der Waals surface area contributed by atoms with Gasteiger partial charge in [0.05, 0.1) is 19.8 Å². The maximum Gasteiger partial charge on any atom is 0.186 e. The minimum atomic E-state index is -0.467. The third kappa shape index (κ3) is 4.90. The highest BCUT2D eigenvalue weighted by atomic mass is 16.7. The summed E-state index contributed by atoms with van der Waals surface area (Å²) in [5.41, 5.74) is 2.23. The van der Waals surface area contributed by atoms with Crippen LogP contribution in [0.15, 0.2) is 60.7 Å². The zero-order chi connectivity index (χ0) is 18.2. The summed E-state index contributed by atoms with van der Waals surface area (Å²) in [7, 11) is 3.25. The molecule has 0 aromatic heterocycles. The highest BCUT2D eigenvalue weighted by molar-refractivity contribution is 5.14. The van der Waals surface area contributed by atoms with Crippen LogP contribution < -0.4 is 0 Å². The number of hydrogen-bond acceptors (Lipinski definition) is 5. The fraction of sp³-hybridized carbons (Fsp3) is 0.429. The maximum atomic E-state index is 6.13. The van der Waals surface area contributed by atoms with E-state index in [1.165, 1.54) is 0 Å². The van der Waals surface area contributed by atoms with E-state index in [0.717, 1.165) is 11.1 Å². The van der Waals surface area contributed by atoms with E-state index in [0.29, 0.717) is 19.8 Å². The van der Waals surface area contributed by atoms with E-state index < -0.39 is 6.29 Å². The van der Waals surface area contributed by atoms with Crippen LogP contribution in [0.4, 0.5) is 0 Å². The van der Waals surface area contributed by atoms with Gasteiger partial charge in [0.2, 0.25) is 0 Å². The van der Waals surface area contributed by atoms with E-state index in [-0.39, 0.29) is 18.3 Å². The summed E-state index contributed by atoms with van der Waals surface area (Å²) in [4.78, 5) is 0. The molecule has 0 aliphatic carbocycles. The van der Waals surface area contributed by atoms with Crippen LogP contribution in [0.25, 0.3) is 0 Å². The van der Waals surface area contributed by atoms with Crippen molar-refractivity contribution in [2.45, 2.75) is 37.8 Å². The first-order valence-electron chi connectivity index (χ1n) is 8.80. The van der Waals surface area contributed by atoms with E-state index in [4.69, 9.17) is 23.7 Å². The highest BCUT2D eigenvalue weighted by Gasteiger charge is 2.46. The molecule has 2 aromatic rings. The highest BCUT2D eigenvalue weighted by Crippen LogP contribution is 2.28. The van der Waals surface area contributed by atoms with Gasteiger partial charge in [0.25, 0.3) is 0 Å². The van der Waals surface area contributed by atoms with Crippen molar-refractivity contribution in [3.8, 4) is 0 Å². The second-order valence-electron chi connectivity index (χ2n) is 6.24. The van der Waals surface area contributed by atoms with Gasteiger partial charge < -0.3 is 23.7 Å². The predicted octanol–water partition coefficient (Wildman–Crippen LogP) is 3.17. The molecule has 0 saturated carbocycles. The van der Waals surface area contributed by atoms with Crippen molar-refractivity contribution >= 4 is 0 Å². The minimum absolute atomic E-state index is 0.252. The Kier molecular flexibility index (Phi) is 7.17. The molecule has 3 rings (SSSR count). The van der Waals surface area contributed by atoms with Gasteiger partial charge in [-0.25, -0.2) is 0 Å². The molecule has 5 heteroatoms. The molecule has 140 valence electrons. The van der Waals surface area contributed by atoms with Gasteiger partial charge in [-0.2, -0.15) is 0 Å². The summed E-state index contributed by atoms with van der Waals surface area (Å²) in [5.74, 6) is 0. The van der Waals surface area contributed by atoms with E-state index in [1.54, 1.807) is 14.2 Å². The second kappa shape index (κ2) is 9.80. The van der Waals surface area contributed by atoms with Crippen LogP contribution in [0.2, 0.25) is 0 Å². The van der Waals surface area contributed by atoms with Gasteiger partial charge in [-0.15, -0.1) is 0 Å². The molecule has 0 spiro atoms. The fourth-order valence-corrected chi connectivity index (χ4v) is 3.10. The van der Waals surface area contributed by atoms with Gasteiger partial charge in [-0.1, -0.05) is 60.7 Å². The molecule has 0 amide bonds. The second-order valence-corrected chi connectivity index (χ2v) is 6.24. The Balaban J connectivity index is 1.59. The molecule has 4 atom stereocenters. The largest absolute Gasteiger partial charge is 0.374 e. The van der Waals surface area contributed by atoms with E-state index in [1.807, 2.05) is 60.7 Å². The van der Waals surface area contributed by atoms with Crippen molar-refractivity contribution in [2.24, 2.45) is 0 Å². The van der Waals surface area contributed by atoms with Crippen molar-refractivity contribution in [2.75, 3.05) is 20.8 Å².